The second-order valence-electron chi connectivity index (χ2n) is 13.6. The van der Waals surface area contributed by atoms with Gasteiger partial charge in [-0.05, 0) is 61.1 Å². The van der Waals surface area contributed by atoms with Crippen molar-refractivity contribution in [3.63, 3.8) is 0 Å². The van der Waals surface area contributed by atoms with Crippen molar-refractivity contribution in [2.24, 2.45) is 11.8 Å². The first-order valence-electron chi connectivity index (χ1n) is 16.6. The molecule has 2 aromatic carbocycles. The molecule has 4 fully saturated rings. The summed E-state index contributed by atoms with van der Waals surface area (Å²) in [5.74, 6) is -3.55. The standard InChI is InChI=1S/C35H42ClF4N3O5/c1-47-20-24-17-42(18-29(24)28-7-4-25(35(38,39)40)16-31(28)41-12-8-23(9-13-41)32(44)45)33(46)34(37)21-43(27-10-14-48-15-11-27)19-30(34)22-2-5-26(36)6-3-22/h2-7,16,23-24,27,29-30H,8-15,17-21H2,1H3,(H,44,45)/t24-,29+,30+,34+/m1/s1. The zero-order chi connectivity index (χ0) is 34.2. The first-order valence-corrected chi connectivity index (χ1v) is 17.0. The minimum Gasteiger partial charge on any atom is -0.481 e. The van der Waals surface area contributed by atoms with Gasteiger partial charge in [0.2, 0.25) is 5.67 Å². The third-order valence-electron chi connectivity index (χ3n) is 10.8. The van der Waals surface area contributed by atoms with Gasteiger partial charge in [0.15, 0.2) is 0 Å². The number of alkyl halides is 4. The molecule has 6 rings (SSSR count). The summed E-state index contributed by atoms with van der Waals surface area (Å²) in [6.45, 7) is 2.56. The van der Waals surface area contributed by atoms with Crippen LogP contribution < -0.4 is 4.90 Å². The summed E-state index contributed by atoms with van der Waals surface area (Å²) < 4.78 is 70.5. The van der Waals surface area contributed by atoms with Crippen molar-refractivity contribution in [3.05, 3.63) is 64.2 Å². The molecular formula is C35H42ClF4N3O5. The third-order valence-corrected chi connectivity index (χ3v) is 11.0. The number of halogens is 5. The van der Waals surface area contributed by atoms with Crippen LogP contribution in [0.15, 0.2) is 42.5 Å². The molecular weight excluding hydrogens is 654 g/mol. The van der Waals surface area contributed by atoms with E-state index < -0.39 is 47.0 Å². The van der Waals surface area contributed by atoms with Crippen molar-refractivity contribution in [3.8, 4) is 0 Å². The molecule has 48 heavy (non-hydrogen) atoms. The van der Waals surface area contributed by atoms with Crippen LogP contribution in [0.4, 0.5) is 23.2 Å². The average Bonchev–Trinajstić information content (AvgIpc) is 3.66. The number of hydrogen-bond donors (Lipinski definition) is 1. The van der Waals surface area contributed by atoms with E-state index in [-0.39, 0.29) is 51.3 Å². The van der Waals surface area contributed by atoms with Gasteiger partial charge in [0.1, 0.15) is 0 Å². The Morgan fingerprint density at radius 1 is 1.02 bits per heavy atom. The maximum absolute atomic E-state index is 17.6. The summed E-state index contributed by atoms with van der Waals surface area (Å²) in [5, 5.41) is 10.0. The Hall–Kier alpha value is -2.93. The topological polar surface area (TPSA) is 82.6 Å². The number of carboxylic acids is 1. The fourth-order valence-electron chi connectivity index (χ4n) is 8.17. The predicted octanol–water partition coefficient (Wildman–Crippen LogP) is 5.83. The number of amides is 1. The molecule has 262 valence electrons. The first-order chi connectivity index (χ1) is 22.9. The van der Waals surface area contributed by atoms with Gasteiger partial charge in [0.05, 0.1) is 18.1 Å². The number of nitrogens with zero attached hydrogens (tertiary/aromatic N) is 3. The molecule has 4 saturated heterocycles. The molecule has 0 unspecified atom stereocenters. The average molecular weight is 696 g/mol. The Bertz CT molecular complexity index is 1470. The Morgan fingerprint density at radius 3 is 2.33 bits per heavy atom. The fourth-order valence-corrected chi connectivity index (χ4v) is 8.30. The number of aliphatic carboxylic acids is 1. The number of benzene rings is 2. The molecule has 0 aliphatic carbocycles. The van der Waals surface area contributed by atoms with Gasteiger partial charge in [-0.2, -0.15) is 13.2 Å². The van der Waals surface area contributed by atoms with Crippen LogP contribution in [0.5, 0.6) is 0 Å². The van der Waals surface area contributed by atoms with E-state index in [0.717, 1.165) is 25.0 Å². The quantitative estimate of drug-likeness (QED) is 0.348. The minimum absolute atomic E-state index is 0.0655. The highest BCUT2D eigenvalue weighted by Crippen LogP contribution is 2.46. The molecule has 1 amide bonds. The van der Waals surface area contributed by atoms with Crippen molar-refractivity contribution in [1.82, 2.24) is 9.80 Å². The third kappa shape index (κ3) is 7.04. The van der Waals surface area contributed by atoms with E-state index in [4.69, 9.17) is 21.1 Å². The normalized spacial score (nSPS) is 27.9. The smallest absolute Gasteiger partial charge is 0.416 e. The number of methoxy groups -OCH3 is 1. The molecule has 1 N–H and O–H groups in total. The molecule has 4 aliphatic heterocycles. The SMILES string of the molecule is COC[C@H]1CN(C(=O)[C@]2(F)CN(C3CCOCC3)C[C@H]2c2ccc(Cl)cc2)C[C@@H]1c1ccc(C(F)(F)F)cc1N1CCC(C(=O)O)CC1. The predicted molar refractivity (Wildman–Crippen MR) is 172 cm³/mol. The van der Waals surface area contributed by atoms with Crippen LogP contribution in [0.25, 0.3) is 0 Å². The van der Waals surface area contributed by atoms with Gasteiger partial charge in [-0.25, -0.2) is 4.39 Å². The Morgan fingerprint density at radius 2 is 1.71 bits per heavy atom. The van der Waals surface area contributed by atoms with E-state index in [0.29, 0.717) is 54.4 Å². The number of anilines is 1. The number of carbonyl (C=O) groups excluding carboxylic acids is 1. The van der Waals surface area contributed by atoms with E-state index in [9.17, 15) is 27.9 Å². The molecule has 13 heteroatoms. The van der Waals surface area contributed by atoms with Crippen LogP contribution in [0.1, 0.15) is 54.2 Å². The van der Waals surface area contributed by atoms with Gasteiger partial charge in [0, 0.05) is 94.1 Å². The van der Waals surface area contributed by atoms with Crippen molar-refractivity contribution < 1.29 is 41.7 Å². The number of carbonyl (C=O) groups is 2. The molecule has 4 aliphatic rings. The van der Waals surface area contributed by atoms with Crippen molar-refractivity contribution in [2.45, 2.75) is 55.4 Å². The van der Waals surface area contributed by atoms with Gasteiger partial charge in [-0.1, -0.05) is 29.8 Å². The number of hydrogen-bond acceptors (Lipinski definition) is 6. The maximum atomic E-state index is 17.6. The summed E-state index contributed by atoms with van der Waals surface area (Å²) in [6.07, 6.45) is -2.46. The Labute approximate surface area is 282 Å². The highest BCUT2D eigenvalue weighted by atomic mass is 35.5. The molecule has 4 heterocycles. The second kappa shape index (κ2) is 14.1. The zero-order valence-corrected chi connectivity index (χ0v) is 27.7. The van der Waals surface area contributed by atoms with E-state index >= 15 is 4.39 Å². The van der Waals surface area contributed by atoms with Crippen LogP contribution in [0.2, 0.25) is 5.02 Å². The van der Waals surface area contributed by atoms with E-state index in [1.54, 1.807) is 24.3 Å². The fraction of sp³-hybridized carbons (Fsp3) is 0.600. The van der Waals surface area contributed by atoms with Gasteiger partial charge >= 0.3 is 12.1 Å². The number of ether oxygens (including phenoxy) is 2. The van der Waals surface area contributed by atoms with E-state index in [2.05, 4.69) is 4.90 Å². The molecule has 0 spiro atoms. The minimum atomic E-state index is -4.58. The van der Waals surface area contributed by atoms with Crippen molar-refractivity contribution in [2.75, 3.05) is 71.1 Å². The largest absolute Gasteiger partial charge is 0.481 e. The van der Waals surface area contributed by atoms with Crippen LogP contribution in [-0.4, -0.2) is 105 Å². The molecule has 4 atom stereocenters. The summed E-state index contributed by atoms with van der Waals surface area (Å²) in [4.78, 5) is 31.5. The van der Waals surface area contributed by atoms with Gasteiger partial charge < -0.3 is 24.4 Å². The molecule has 0 aromatic heterocycles. The molecule has 0 radical (unpaired) electrons. The molecule has 0 saturated carbocycles. The summed E-state index contributed by atoms with van der Waals surface area (Å²) in [6, 6.07) is 10.7. The highest BCUT2D eigenvalue weighted by molar-refractivity contribution is 6.30. The monoisotopic (exact) mass is 695 g/mol. The Kier molecular flexibility index (Phi) is 10.3. The van der Waals surface area contributed by atoms with Gasteiger partial charge in [0.25, 0.3) is 5.91 Å². The molecule has 2 aromatic rings. The highest BCUT2D eigenvalue weighted by Gasteiger charge is 2.57. The Balaban J connectivity index is 1.31. The lowest BCUT2D eigenvalue weighted by Crippen LogP contribution is -2.50. The lowest BCUT2D eigenvalue weighted by Gasteiger charge is -2.35. The maximum Gasteiger partial charge on any atom is 0.416 e. The number of likely N-dealkylation sites (tertiary alicyclic amines) is 2. The number of rotatable bonds is 8. The lowest BCUT2D eigenvalue weighted by atomic mass is 9.85. The molecule has 8 nitrogen and oxygen atoms in total. The number of piperidine rings is 1. The number of carboxylic acid groups (broad SMARTS) is 1. The second-order valence-corrected chi connectivity index (χ2v) is 14.1. The first kappa shape index (κ1) is 34.9. The summed E-state index contributed by atoms with van der Waals surface area (Å²) >= 11 is 6.15. The van der Waals surface area contributed by atoms with Gasteiger partial charge in [-0.3, -0.25) is 14.5 Å². The van der Waals surface area contributed by atoms with Gasteiger partial charge in [-0.15, -0.1) is 0 Å². The van der Waals surface area contributed by atoms with Crippen LogP contribution in [-0.2, 0) is 25.2 Å². The van der Waals surface area contributed by atoms with E-state index in [1.807, 2.05) is 4.90 Å². The van der Waals surface area contributed by atoms with Crippen LogP contribution in [0, 0.1) is 11.8 Å². The molecule has 0 bridgehead atoms. The summed E-state index contributed by atoms with van der Waals surface area (Å²) in [7, 11) is 1.53. The van der Waals surface area contributed by atoms with Crippen LogP contribution in [0.3, 0.4) is 0 Å². The van der Waals surface area contributed by atoms with Crippen molar-refractivity contribution >= 4 is 29.2 Å². The van der Waals surface area contributed by atoms with Crippen LogP contribution >= 0.6 is 11.6 Å². The van der Waals surface area contributed by atoms with E-state index in [1.165, 1.54) is 18.1 Å². The van der Waals surface area contributed by atoms with Crippen molar-refractivity contribution in [1.29, 1.82) is 0 Å². The zero-order valence-electron chi connectivity index (χ0n) is 26.9. The lowest BCUT2D eigenvalue weighted by molar-refractivity contribution is -0.143. The summed E-state index contributed by atoms with van der Waals surface area (Å²) in [5.41, 5.74) is -1.37.